The molecule has 2 aliphatic rings. The van der Waals surface area contributed by atoms with Crippen LogP contribution in [-0.2, 0) is 4.79 Å². The topological polar surface area (TPSA) is 58.4 Å². The van der Waals surface area contributed by atoms with Gasteiger partial charge in [0.1, 0.15) is 0 Å². The van der Waals surface area contributed by atoms with Gasteiger partial charge in [-0.3, -0.25) is 4.79 Å². The predicted octanol–water partition coefficient (Wildman–Crippen LogP) is 2.03. The van der Waals surface area contributed by atoms with Gasteiger partial charge < -0.3 is 16.0 Å². The van der Waals surface area contributed by atoms with E-state index in [-0.39, 0.29) is 5.91 Å². The summed E-state index contributed by atoms with van der Waals surface area (Å²) < 4.78 is 0. The van der Waals surface area contributed by atoms with Crippen molar-refractivity contribution >= 4 is 5.91 Å². The fourth-order valence-electron chi connectivity index (χ4n) is 3.43. The number of carbonyl (C=O) groups excluding carboxylic acids is 1. The molecule has 116 valence electrons. The van der Waals surface area contributed by atoms with Crippen LogP contribution in [0.3, 0.4) is 0 Å². The maximum Gasteiger partial charge on any atom is 0.240 e. The van der Waals surface area contributed by atoms with E-state index >= 15 is 0 Å². The molecular weight excluding hydrogens is 250 g/mol. The Bertz CT molecular complexity index is 294. The Kier molecular flexibility index (Phi) is 6.30. The van der Waals surface area contributed by atoms with E-state index in [1.165, 1.54) is 51.7 Å². The number of nitrogens with one attached hydrogen (secondary N) is 1. The molecule has 0 aromatic carbocycles. The van der Waals surface area contributed by atoms with Crippen molar-refractivity contribution in [3.8, 4) is 0 Å². The SMILES string of the molecule is NC1(C(=O)NCCCCCN2CCCCC2)CCCC1. The Morgan fingerprint density at radius 2 is 1.70 bits per heavy atom. The number of hydrogen-bond donors (Lipinski definition) is 2. The predicted molar refractivity (Wildman–Crippen MR) is 82.5 cm³/mol. The Labute approximate surface area is 123 Å². The van der Waals surface area contributed by atoms with Crippen molar-refractivity contribution < 1.29 is 4.79 Å². The van der Waals surface area contributed by atoms with Crippen LogP contribution in [0.2, 0.25) is 0 Å². The van der Waals surface area contributed by atoms with Crippen molar-refractivity contribution in [2.75, 3.05) is 26.2 Å². The highest BCUT2D eigenvalue weighted by Crippen LogP contribution is 2.27. The molecule has 0 radical (unpaired) electrons. The first-order chi connectivity index (χ1) is 9.71. The quantitative estimate of drug-likeness (QED) is 0.702. The molecule has 0 bridgehead atoms. The summed E-state index contributed by atoms with van der Waals surface area (Å²) in [5, 5.41) is 3.03. The van der Waals surface area contributed by atoms with Crippen molar-refractivity contribution in [1.29, 1.82) is 0 Å². The minimum atomic E-state index is -0.562. The number of hydrogen-bond acceptors (Lipinski definition) is 3. The van der Waals surface area contributed by atoms with Crippen LogP contribution in [0.1, 0.15) is 64.2 Å². The molecule has 0 aromatic rings. The van der Waals surface area contributed by atoms with E-state index in [1.54, 1.807) is 0 Å². The van der Waals surface area contributed by atoms with Gasteiger partial charge >= 0.3 is 0 Å². The first-order valence-corrected chi connectivity index (χ1v) is 8.50. The summed E-state index contributed by atoms with van der Waals surface area (Å²) in [6, 6.07) is 0. The van der Waals surface area contributed by atoms with Gasteiger partial charge in [-0.1, -0.05) is 25.7 Å². The molecule has 0 atom stereocenters. The summed E-state index contributed by atoms with van der Waals surface area (Å²) in [7, 11) is 0. The van der Waals surface area contributed by atoms with Gasteiger partial charge in [-0.25, -0.2) is 0 Å². The molecule has 0 unspecified atom stereocenters. The van der Waals surface area contributed by atoms with Crippen molar-refractivity contribution in [3.05, 3.63) is 0 Å². The highest BCUT2D eigenvalue weighted by Gasteiger charge is 2.36. The molecule has 4 nitrogen and oxygen atoms in total. The lowest BCUT2D eigenvalue weighted by Crippen LogP contribution is -2.52. The molecule has 20 heavy (non-hydrogen) atoms. The van der Waals surface area contributed by atoms with Crippen LogP contribution < -0.4 is 11.1 Å². The Morgan fingerprint density at radius 3 is 2.40 bits per heavy atom. The lowest BCUT2D eigenvalue weighted by atomic mass is 9.98. The highest BCUT2D eigenvalue weighted by atomic mass is 16.2. The van der Waals surface area contributed by atoms with Gasteiger partial charge in [0.05, 0.1) is 5.54 Å². The molecule has 4 heteroatoms. The Morgan fingerprint density at radius 1 is 1.00 bits per heavy atom. The van der Waals surface area contributed by atoms with Crippen molar-refractivity contribution in [2.45, 2.75) is 69.7 Å². The fraction of sp³-hybridized carbons (Fsp3) is 0.938. The van der Waals surface area contributed by atoms with E-state index in [9.17, 15) is 4.79 Å². The zero-order valence-corrected chi connectivity index (χ0v) is 12.8. The minimum Gasteiger partial charge on any atom is -0.355 e. The largest absolute Gasteiger partial charge is 0.355 e. The smallest absolute Gasteiger partial charge is 0.240 e. The number of likely N-dealkylation sites (tertiary alicyclic amines) is 1. The van der Waals surface area contributed by atoms with Gasteiger partial charge in [0, 0.05) is 6.54 Å². The third-order valence-electron chi connectivity index (χ3n) is 4.83. The van der Waals surface area contributed by atoms with Gasteiger partial charge in [0.15, 0.2) is 0 Å². The summed E-state index contributed by atoms with van der Waals surface area (Å²) >= 11 is 0. The third kappa shape index (κ3) is 4.74. The van der Waals surface area contributed by atoms with E-state index < -0.39 is 5.54 Å². The van der Waals surface area contributed by atoms with Crippen molar-refractivity contribution in [1.82, 2.24) is 10.2 Å². The van der Waals surface area contributed by atoms with Crippen LogP contribution in [0.15, 0.2) is 0 Å². The zero-order valence-electron chi connectivity index (χ0n) is 12.8. The second-order valence-electron chi connectivity index (χ2n) is 6.58. The lowest BCUT2D eigenvalue weighted by molar-refractivity contribution is -0.126. The van der Waals surface area contributed by atoms with Crippen LogP contribution in [0.5, 0.6) is 0 Å². The van der Waals surface area contributed by atoms with Gasteiger partial charge in [0.25, 0.3) is 0 Å². The van der Waals surface area contributed by atoms with Gasteiger partial charge in [-0.15, -0.1) is 0 Å². The van der Waals surface area contributed by atoms with E-state index in [0.29, 0.717) is 0 Å². The lowest BCUT2D eigenvalue weighted by Gasteiger charge is -2.26. The summed E-state index contributed by atoms with van der Waals surface area (Å²) in [4.78, 5) is 14.6. The normalized spacial score (nSPS) is 22.9. The first kappa shape index (κ1) is 15.8. The van der Waals surface area contributed by atoms with Crippen LogP contribution in [0.4, 0.5) is 0 Å². The second-order valence-corrected chi connectivity index (χ2v) is 6.58. The first-order valence-electron chi connectivity index (χ1n) is 8.50. The molecule has 0 aromatic heterocycles. The number of rotatable bonds is 7. The fourth-order valence-corrected chi connectivity index (χ4v) is 3.43. The molecule has 0 spiro atoms. The molecule has 2 fully saturated rings. The summed E-state index contributed by atoms with van der Waals surface area (Å²) in [6.45, 7) is 4.59. The Balaban J connectivity index is 1.48. The molecule has 1 heterocycles. The zero-order chi connectivity index (χ0) is 14.3. The van der Waals surface area contributed by atoms with Gasteiger partial charge in [-0.05, 0) is 58.2 Å². The molecule has 1 saturated carbocycles. The van der Waals surface area contributed by atoms with Crippen molar-refractivity contribution in [2.24, 2.45) is 5.73 Å². The number of nitrogens with two attached hydrogens (primary N) is 1. The van der Waals surface area contributed by atoms with E-state index in [0.717, 1.165) is 38.6 Å². The minimum absolute atomic E-state index is 0.0750. The molecule has 1 aliphatic heterocycles. The third-order valence-corrected chi connectivity index (χ3v) is 4.83. The number of nitrogens with zero attached hydrogens (tertiary/aromatic N) is 1. The monoisotopic (exact) mass is 281 g/mol. The van der Waals surface area contributed by atoms with E-state index in [2.05, 4.69) is 10.2 Å². The van der Waals surface area contributed by atoms with Gasteiger partial charge in [-0.2, -0.15) is 0 Å². The average molecular weight is 281 g/mol. The standard InChI is InChI=1S/C16H31N3O/c17-16(9-3-4-10-16)15(20)18-11-5-1-6-12-19-13-7-2-8-14-19/h1-14,17H2,(H,18,20). The molecule has 1 aliphatic carbocycles. The molecular formula is C16H31N3O. The average Bonchev–Trinajstić information content (AvgIpc) is 2.92. The summed E-state index contributed by atoms with van der Waals surface area (Å²) in [5.41, 5.74) is 5.56. The molecule has 3 N–H and O–H groups in total. The maximum absolute atomic E-state index is 12.0. The number of piperidine rings is 1. The van der Waals surface area contributed by atoms with Crippen LogP contribution >= 0.6 is 0 Å². The second kappa shape index (κ2) is 7.99. The summed E-state index contributed by atoms with van der Waals surface area (Å²) in [6.07, 6.45) is 11.6. The Hall–Kier alpha value is -0.610. The van der Waals surface area contributed by atoms with E-state index in [4.69, 9.17) is 5.73 Å². The molecule has 2 rings (SSSR count). The maximum atomic E-state index is 12.0. The molecule has 1 amide bonds. The van der Waals surface area contributed by atoms with Crippen LogP contribution in [0, 0.1) is 0 Å². The van der Waals surface area contributed by atoms with E-state index in [1.807, 2.05) is 0 Å². The van der Waals surface area contributed by atoms with Gasteiger partial charge in [0.2, 0.25) is 5.91 Å². The number of carbonyl (C=O) groups is 1. The van der Waals surface area contributed by atoms with Crippen LogP contribution in [-0.4, -0.2) is 42.5 Å². The highest BCUT2D eigenvalue weighted by molar-refractivity contribution is 5.86. The van der Waals surface area contributed by atoms with Crippen molar-refractivity contribution in [3.63, 3.8) is 0 Å². The molecule has 1 saturated heterocycles. The number of unbranched alkanes of at least 4 members (excludes halogenated alkanes) is 2. The van der Waals surface area contributed by atoms with Crippen LogP contribution in [0.25, 0.3) is 0 Å². The number of amides is 1. The summed E-state index contributed by atoms with van der Waals surface area (Å²) in [5.74, 6) is 0.0750.